The summed E-state index contributed by atoms with van der Waals surface area (Å²) < 4.78 is 0. The van der Waals surface area contributed by atoms with Crippen LogP contribution >= 0.6 is 0 Å². The highest BCUT2D eigenvalue weighted by Gasteiger charge is 2.27. The summed E-state index contributed by atoms with van der Waals surface area (Å²) >= 11 is 0. The molecule has 0 spiro atoms. The zero-order valence-electron chi connectivity index (χ0n) is 10.4. The topological polar surface area (TPSA) is 93.4 Å². The van der Waals surface area contributed by atoms with E-state index in [1.807, 2.05) is 0 Å². The molecule has 0 bridgehead atoms. The van der Waals surface area contributed by atoms with E-state index in [0.717, 1.165) is 12.8 Å². The fourth-order valence-electron chi connectivity index (χ4n) is 2.07. The molecule has 3 N–H and O–H groups in total. The third kappa shape index (κ3) is 3.15. The normalized spacial score (nSPS) is 19.8. The van der Waals surface area contributed by atoms with Gasteiger partial charge in [-0.2, -0.15) is 5.10 Å². The molecule has 1 unspecified atom stereocenters. The largest absolute Gasteiger partial charge is 0.504 e. The minimum absolute atomic E-state index is 0.196. The summed E-state index contributed by atoms with van der Waals surface area (Å²) in [4.78, 5) is 11.1. The van der Waals surface area contributed by atoms with Gasteiger partial charge in [-0.3, -0.25) is 5.01 Å². The van der Waals surface area contributed by atoms with Gasteiger partial charge < -0.3 is 15.3 Å². The van der Waals surface area contributed by atoms with Gasteiger partial charge in [-0.1, -0.05) is 0 Å². The number of aliphatic carboxylic acids is 1. The van der Waals surface area contributed by atoms with E-state index in [2.05, 4.69) is 5.10 Å². The Labute approximate surface area is 110 Å². The smallest absolute Gasteiger partial charge is 0.328 e. The Bertz CT molecular complexity index is 501. The molecule has 0 saturated carbocycles. The minimum atomic E-state index is -0.870. The first-order chi connectivity index (χ1) is 9.08. The second-order valence-electron chi connectivity index (χ2n) is 4.51. The number of hydrazone groups is 1. The zero-order chi connectivity index (χ0) is 13.8. The maximum atomic E-state index is 11.1. The summed E-state index contributed by atoms with van der Waals surface area (Å²) in [6, 6.07) is 3.74. The quantitative estimate of drug-likeness (QED) is 0.566. The van der Waals surface area contributed by atoms with Gasteiger partial charge in [0.2, 0.25) is 0 Å². The van der Waals surface area contributed by atoms with Crippen molar-refractivity contribution in [1.82, 2.24) is 5.01 Å². The van der Waals surface area contributed by atoms with Crippen LogP contribution in [0.15, 0.2) is 23.3 Å². The van der Waals surface area contributed by atoms with E-state index in [4.69, 9.17) is 5.11 Å². The Morgan fingerprint density at radius 1 is 1.32 bits per heavy atom. The van der Waals surface area contributed by atoms with Crippen molar-refractivity contribution in [2.45, 2.75) is 25.3 Å². The fourth-order valence-corrected chi connectivity index (χ4v) is 2.07. The Morgan fingerprint density at radius 3 is 2.79 bits per heavy atom. The van der Waals surface area contributed by atoms with Gasteiger partial charge >= 0.3 is 5.97 Å². The lowest BCUT2D eigenvalue weighted by Crippen LogP contribution is -2.41. The van der Waals surface area contributed by atoms with E-state index in [9.17, 15) is 15.0 Å². The lowest BCUT2D eigenvalue weighted by Gasteiger charge is -2.30. The molecule has 6 nitrogen and oxygen atoms in total. The van der Waals surface area contributed by atoms with E-state index in [0.29, 0.717) is 18.5 Å². The van der Waals surface area contributed by atoms with Crippen LogP contribution in [0.5, 0.6) is 11.5 Å². The van der Waals surface area contributed by atoms with Gasteiger partial charge in [0.25, 0.3) is 0 Å². The molecule has 1 heterocycles. The Balaban J connectivity index is 2.11. The highest BCUT2D eigenvalue weighted by atomic mass is 16.4. The summed E-state index contributed by atoms with van der Waals surface area (Å²) in [6.45, 7) is 0.609. The molecule has 1 aromatic rings. The average Bonchev–Trinajstić information content (AvgIpc) is 2.40. The number of aromatic hydroxyl groups is 2. The molecule has 1 aliphatic rings. The molecule has 19 heavy (non-hydrogen) atoms. The molecule has 0 radical (unpaired) electrons. The minimum Gasteiger partial charge on any atom is -0.504 e. The van der Waals surface area contributed by atoms with Crippen LogP contribution in [0.2, 0.25) is 0 Å². The van der Waals surface area contributed by atoms with Gasteiger partial charge in [-0.15, -0.1) is 0 Å². The number of piperidine rings is 1. The van der Waals surface area contributed by atoms with E-state index in [1.165, 1.54) is 18.3 Å². The van der Waals surface area contributed by atoms with Crippen LogP contribution in [0.3, 0.4) is 0 Å². The standard InChI is InChI=1S/C13H16N2O4/c16-11-5-4-9(7-12(11)17)8-14-15-6-2-1-3-10(15)13(18)19/h4-5,7-8,10,16-17H,1-3,6H2,(H,18,19)/b14-8+. The molecule has 1 atom stereocenters. The lowest BCUT2D eigenvalue weighted by atomic mass is 10.0. The lowest BCUT2D eigenvalue weighted by molar-refractivity contribution is -0.144. The fraction of sp³-hybridized carbons (Fsp3) is 0.385. The maximum Gasteiger partial charge on any atom is 0.328 e. The van der Waals surface area contributed by atoms with Gasteiger partial charge in [-0.25, -0.2) is 4.79 Å². The van der Waals surface area contributed by atoms with Crippen molar-refractivity contribution >= 4 is 12.2 Å². The third-order valence-electron chi connectivity index (χ3n) is 3.11. The first-order valence-electron chi connectivity index (χ1n) is 6.13. The molecule has 1 aromatic carbocycles. The molecule has 1 fully saturated rings. The second-order valence-corrected chi connectivity index (χ2v) is 4.51. The number of nitrogens with zero attached hydrogens (tertiary/aromatic N) is 2. The molecule has 0 aromatic heterocycles. The Kier molecular flexibility index (Phi) is 3.89. The van der Waals surface area contributed by atoms with Crippen LogP contribution in [0.25, 0.3) is 0 Å². The third-order valence-corrected chi connectivity index (χ3v) is 3.11. The van der Waals surface area contributed by atoms with Crippen LogP contribution in [-0.2, 0) is 4.79 Å². The highest BCUT2D eigenvalue weighted by molar-refractivity contribution is 5.81. The predicted molar refractivity (Wildman–Crippen MR) is 69.3 cm³/mol. The number of carbonyl (C=O) groups is 1. The number of hydrogen-bond donors (Lipinski definition) is 3. The number of rotatable bonds is 3. The summed E-state index contributed by atoms with van der Waals surface area (Å²) in [6.07, 6.45) is 3.89. The van der Waals surface area contributed by atoms with Crippen LogP contribution in [0, 0.1) is 0 Å². The van der Waals surface area contributed by atoms with Crippen LogP contribution < -0.4 is 0 Å². The van der Waals surface area contributed by atoms with Gasteiger partial charge in [0.15, 0.2) is 11.5 Å². The number of carboxylic acids is 1. The molecular formula is C13H16N2O4. The monoisotopic (exact) mass is 264 g/mol. The number of benzene rings is 1. The highest BCUT2D eigenvalue weighted by Crippen LogP contribution is 2.24. The first-order valence-corrected chi connectivity index (χ1v) is 6.13. The average molecular weight is 264 g/mol. The summed E-state index contributed by atoms with van der Waals surface area (Å²) in [5.41, 5.74) is 0.602. The first kappa shape index (κ1) is 13.2. The predicted octanol–water partition coefficient (Wildman–Crippen LogP) is 1.37. The summed E-state index contributed by atoms with van der Waals surface area (Å²) in [7, 11) is 0. The van der Waals surface area contributed by atoms with E-state index in [-0.39, 0.29) is 11.5 Å². The molecular weight excluding hydrogens is 248 g/mol. The SMILES string of the molecule is O=C(O)C1CCCCN1/N=C/c1ccc(O)c(O)c1. The van der Waals surface area contributed by atoms with Gasteiger partial charge in [-0.05, 0) is 43.0 Å². The van der Waals surface area contributed by atoms with Crippen LogP contribution in [0.1, 0.15) is 24.8 Å². The van der Waals surface area contributed by atoms with Crippen molar-refractivity contribution in [2.24, 2.45) is 5.10 Å². The van der Waals surface area contributed by atoms with Crippen molar-refractivity contribution in [3.8, 4) is 11.5 Å². The number of hydrogen-bond acceptors (Lipinski definition) is 5. The maximum absolute atomic E-state index is 11.1. The van der Waals surface area contributed by atoms with Crippen molar-refractivity contribution in [3.05, 3.63) is 23.8 Å². The number of phenols is 2. The van der Waals surface area contributed by atoms with Gasteiger partial charge in [0, 0.05) is 6.54 Å². The van der Waals surface area contributed by atoms with E-state index < -0.39 is 12.0 Å². The molecule has 0 aliphatic carbocycles. The molecule has 6 heteroatoms. The Morgan fingerprint density at radius 2 is 2.11 bits per heavy atom. The molecule has 0 amide bonds. The van der Waals surface area contributed by atoms with Crippen molar-refractivity contribution < 1.29 is 20.1 Å². The van der Waals surface area contributed by atoms with E-state index >= 15 is 0 Å². The van der Waals surface area contributed by atoms with Crippen LogP contribution in [-0.4, -0.2) is 45.1 Å². The zero-order valence-corrected chi connectivity index (χ0v) is 10.4. The number of carboxylic acid groups (broad SMARTS) is 1. The summed E-state index contributed by atoms with van der Waals surface area (Å²) in [5.74, 6) is -1.29. The summed E-state index contributed by atoms with van der Waals surface area (Å²) in [5, 5.41) is 33.4. The molecule has 102 valence electrons. The molecule has 1 aliphatic heterocycles. The van der Waals surface area contributed by atoms with Crippen molar-refractivity contribution in [1.29, 1.82) is 0 Å². The second kappa shape index (κ2) is 5.60. The van der Waals surface area contributed by atoms with Crippen LogP contribution in [0.4, 0.5) is 0 Å². The number of phenolic OH excluding ortho intramolecular Hbond substituents is 2. The molecule has 2 rings (SSSR count). The molecule has 1 saturated heterocycles. The van der Waals surface area contributed by atoms with Gasteiger partial charge in [0.1, 0.15) is 6.04 Å². The van der Waals surface area contributed by atoms with E-state index in [1.54, 1.807) is 11.1 Å². The van der Waals surface area contributed by atoms with Crippen molar-refractivity contribution in [2.75, 3.05) is 6.54 Å². The van der Waals surface area contributed by atoms with Crippen molar-refractivity contribution in [3.63, 3.8) is 0 Å². The Hall–Kier alpha value is -2.24. The van der Waals surface area contributed by atoms with Gasteiger partial charge in [0.05, 0.1) is 6.21 Å².